The molecule has 0 saturated carbocycles. The van der Waals surface area contributed by atoms with Crippen molar-refractivity contribution in [2.45, 2.75) is 26.2 Å². The van der Waals surface area contributed by atoms with Crippen molar-refractivity contribution in [3.8, 4) is 0 Å². The summed E-state index contributed by atoms with van der Waals surface area (Å²) in [5, 5.41) is 0. The van der Waals surface area contributed by atoms with Gasteiger partial charge >= 0.3 is 5.97 Å². The summed E-state index contributed by atoms with van der Waals surface area (Å²) in [4.78, 5) is 26.0. The standard InChI is InChI=1S/C19H25NO3/c1-3-15-14-20(19(22)17-8-6-5-7-9-17)13-12-16(15)10-11-18(21)23-4-2/h3,5-9,15-16H,1,4,10-14H2,2H3/t15-,16+/m0/s1. The third-order valence-corrected chi connectivity index (χ3v) is 4.44. The molecule has 0 N–H and O–H groups in total. The Labute approximate surface area is 138 Å². The Morgan fingerprint density at radius 3 is 2.74 bits per heavy atom. The summed E-state index contributed by atoms with van der Waals surface area (Å²) in [5.74, 6) is 0.543. The minimum atomic E-state index is -0.141. The Morgan fingerprint density at radius 1 is 1.35 bits per heavy atom. The molecule has 4 heteroatoms. The lowest BCUT2D eigenvalue weighted by molar-refractivity contribution is -0.143. The maximum absolute atomic E-state index is 12.5. The third kappa shape index (κ3) is 4.68. The maximum atomic E-state index is 12.5. The van der Waals surface area contributed by atoms with Gasteiger partial charge in [0.1, 0.15) is 0 Å². The van der Waals surface area contributed by atoms with Crippen molar-refractivity contribution in [3.05, 3.63) is 48.6 Å². The fourth-order valence-electron chi connectivity index (χ4n) is 3.14. The zero-order valence-corrected chi connectivity index (χ0v) is 13.7. The van der Waals surface area contributed by atoms with E-state index in [4.69, 9.17) is 4.74 Å². The van der Waals surface area contributed by atoms with Crippen molar-refractivity contribution in [1.29, 1.82) is 0 Å². The monoisotopic (exact) mass is 315 g/mol. The molecule has 1 aliphatic heterocycles. The van der Waals surface area contributed by atoms with Crippen molar-refractivity contribution in [1.82, 2.24) is 4.90 Å². The van der Waals surface area contributed by atoms with Gasteiger partial charge in [0, 0.05) is 25.1 Å². The van der Waals surface area contributed by atoms with Gasteiger partial charge in [-0.2, -0.15) is 0 Å². The van der Waals surface area contributed by atoms with Crippen LogP contribution in [-0.4, -0.2) is 36.5 Å². The van der Waals surface area contributed by atoms with Crippen molar-refractivity contribution in [2.24, 2.45) is 11.8 Å². The predicted molar refractivity (Wildman–Crippen MR) is 90.0 cm³/mol. The highest BCUT2D eigenvalue weighted by atomic mass is 16.5. The average molecular weight is 315 g/mol. The highest BCUT2D eigenvalue weighted by Gasteiger charge is 2.30. The van der Waals surface area contributed by atoms with E-state index >= 15 is 0 Å². The molecule has 23 heavy (non-hydrogen) atoms. The highest BCUT2D eigenvalue weighted by Crippen LogP contribution is 2.29. The van der Waals surface area contributed by atoms with E-state index in [9.17, 15) is 9.59 Å². The summed E-state index contributed by atoms with van der Waals surface area (Å²) < 4.78 is 4.99. The molecule has 1 aromatic carbocycles. The molecule has 1 aliphatic rings. The predicted octanol–water partition coefficient (Wildman–Crippen LogP) is 3.29. The van der Waals surface area contributed by atoms with Gasteiger partial charge in [-0.05, 0) is 43.7 Å². The highest BCUT2D eigenvalue weighted by molar-refractivity contribution is 5.94. The minimum absolute atomic E-state index is 0.0706. The van der Waals surface area contributed by atoms with Gasteiger partial charge < -0.3 is 9.64 Å². The van der Waals surface area contributed by atoms with E-state index in [1.165, 1.54) is 0 Å². The van der Waals surface area contributed by atoms with E-state index in [0.717, 1.165) is 24.9 Å². The van der Waals surface area contributed by atoms with Crippen LogP contribution in [0.25, 0.3) is 0 Å². The van der Waals surface area contributed by atoms with Gasteiger partial charge in [-0.15, -0.1) is 6.58 Å². The number of hydrogen-bond donors (Lipinski definition) is 0. The molecule has 4 nitrogen and oxygen atoms in total. The number of ether oxygens (including phenoxy) is 1. The quantitative estimate of drug-likeness (QED) is 0.598. The van der Waals surface area contributed by atoms with Crippen LogP contribution >= 0.6 is 0 Å². The van der Waals surface area contributed by atoms with Crippen LogP contribution in [-0.2, 0) is 9.53 Å². The number of rotatable bonds is 6. The number of nitrogens with zero attached hydrogens (tertiary/aromatic N) is 1. The molecule has 0 bridgehead atoms. The number of amides is 1. The summed E-state index contributed by atoms with van der Waals surface area (Å²) in [6.07, 6.45) is 4.05. The Kier molecular flexibility index (Phi) is 6.39. The van der Waals surface area contributed by atoms with Crippen LogP contribution in [0, 0.1) is 11.8 Å². The van der Waals surface area contributed by atoms with Gasteiger partial charge in [-0.3, -0.25) is 9.59 Å². The fraction of sp³-hybridized carbons (Fsp3) is 0.474. The second-order valence-corrected chi connectivity index (χ2v) is 5.91. The van der Waals surface area contributed by atoms with Crippen LogP contribution in [0.5, 0.6) is 0 Å². The minimum Gasteiger partial charge on any atom is -0.466 e. The lowest BCUT2D eigenvalue weighted by Gasteiger charge is -2.37. The van der Waals surface area contributed by atoms with Crippen LogP contribution in [0.15, 0.2) is 43.0 Å². The summed E-state index contributed by atoms with van der Waals surface area (Å²) in [6.45, 7) is 7.55. The Hall–Kier alpha value is -2.10. The fourth-order valence-corrected chi connectivity index (χ4v) is 3.14. The van der Waals surface area contributed by atoms with E-state index in [1.807, 2.05) is 48.2 Å². The zero-order chi connectivity index (χ0) is 16.7. The molecule has 0 aliphatic carbocycles. The molecular weight excluding hydrogens is 290 g/mol. The smallest absolute Gasteiger partial charge is 0.305 e. The lowest BCUT2D eigenvalue weighted by Crippen LogP contribution is -2.43. The van der Waals surface area contributed by atoms with Gasteiger partial charge in [-0.25, -0.2) is 0 Å². The molecule has 2 atom stereocenters. The van der Waals surface area contributed by atoms with Crippen LogP contribution < -0.4 is 0 Å². The SMILES string of the molecule is C=C[C@H]1CN(C(=O)c2ccccc2)CC[C@H]1CCC(=O)OCC. The normalized spacial score (nSPS) is 20.8. The lowest BCUT2D eigenvalue weighted by atomic mass is 9.82. The largest absolute Gasteiger partial charge is 0.466 e. The summed E-state index contributed by atoms with van der Waals surface area (Å²) in [5.41, 5.74) is 0.722. The van der Waals surface area contributed by atoms with Gasteiger partial charge in [-0.1, -0.05) is 24.3 Å². The van der Waals surface area contributed by atoms with E-state index in [2.05, 4.69) is 6.58 Å². The van der Waals surface area contributed by atoms with Crippen molar-refractivity contribution in [2.75, 3.05) is 19.7 Å². The van der Waals surface area contributed by atoms with E-state index in [-0.39, 0.29) is 17.8 Å². The van der Waals surface area contributed by atoms with Crippen molar-refractivity contribution < 1.29 is 14.3 Å². The molecule has 1 aromatic rings. The number of likely N-dealkylation sites (tertiary alicyclic amines) is 1. The average Bonchev–Trinajstić information content (AvgIpc) is 2.60. The number of carbonyl (C=O) groups excluding carboxylic acids is 2. The first kappa shape index (κ1) is 17.3. The molecule has 1 fully saturated rings. The molecule has 0 radical (unpaired) electrons. The van der Waals surface area contributed by atoms with E-state index < -0.39 is 0 Å². The molecule has 1 heterocycles. The molecule has 124 valence electrons. The number of carbonyl (C=O) groups is 2. The van der Waals surface area contributed by atoms with Crippen LogP contribution in [0.2, 0.25) is 0 Å². The molecular formula is C19H25NO3. The molecule has 0 spiro atoms. The summed E-state index contributed by atoms with van der Waals surface area (Å²) >= 11 is 0. The van der Waals surface area contributed by atoms with Crippen LogP contribution in [0.3, 0.4) is 0 Å². The Balaban J connectivity index is 1.92. The summed E-state index contributed by atoms with van der Waals surface area (Å²) in [6, 6.07) is 9.36. The van der Waals surface area contributed by atoms with Crippen molar-refractivity contribution in [3.63, 3.8) is 0 Å². The zero-order valence-electron chi connectivity index (χ0n) is 13.7. The molecule has 0 unspecified atom stereocenters. The number of benzene rings is 1. The summed E-state index contributed by atoms with van der Waals surface area (Å²) in [7, 11) is 0. The third-order valence-electron chi connectivity index (χ3n) is 4.44. The molecule has 1 amide bonds. The van der Waals surface area contributed by atoms with Gasteiger partial charge in [0.25, 0.3) is 5.91 Å². The molecule has 0 aromatic heterocycles. The van der Waals surface area contributed by atoms with Gasteiger partial charge in [0.2, 0.25) is 0 Å². The maximum Gasteiger partial charge on any atom is 0.305 e. The topological polar surface area (TPSA) is 46.6 Å². The first-order chi connectivity index (χ1) is 11.2. The first-order valence-electron chi connectivity index (χ1n) is 8.28. The van der Waals surface area contributed by atoms with Gasteiger partial charge in [0.05, 0.1) is 6.61 Å². The van der Waals surface area contributed by atoms with E-state index in [0.29, 0.717) is 25.5 Å². The Morgan fingerprint density at radius 2 is 2.09 bits per heavy atom. The first-order valence-corrected chi connectivity index (χ1v) is 8.28. The molecule has 1 saturated heterocycles. The van der Waals surface area contributed by atoms with E-state index in [1.54, 1.807) is 0 Å². The number of esters is 1. The second kappa shape index (κ2) is 8.51. The number of piperidine rings is 1. The van der Waals surface area contributed by atoms with Crippen molar-refractivity contribution >= 4 is 11.9 Å². The van der Waals surface area contributed by atoms with Crippen LogP contribution in [0.1, 0.15) is 36.5 Å². The van der Waals surface area contributed by atoms with Crippen LogP contribution in [0.4, 0.5) is 0 Å². The Bertz CT molecular complexity index is 541. The molecule has 2 rings (SSSR count). The second-order valence-electron chi connectivity index (χ2n) is 5.91. The number of hydrogen-bond acceptors (Lipinski definition) is 3. The van der Waals surface area contributed by atoms with Gasteiger partial charge in [0.15, 0.2) is 0 Å².